The Morgan fingerprint density at radius 1 is 0.933 bits per heavy atom. The molecule has 0 aromatic rings. The molecular formula is C11H24O4. The van der Waals surface area contributed by atoms with Crippen LogP contribution < -0.4 is 0 Å². The van der Waals surface area contributed by atoms with Crippen LogP contribution >= 0.6 is 0 Å². The molecule has 0 unspecified atom stereocenters. The molecule has 4 heteroatoms. The fourth-order valence-corrected chi connectivity index (χ4v) is 1.33. The third-order valence-electron chi connectivity index (χ3n) is 2.24. The van der Waals surface area contributed by atoms with Crippen LogP contribution in [0.4, 0.5) is 0 Å². The van der Waals surface area contributed by atoms with Crippen LogP contribution in [-0.2, 0) is 19.9 Å². The Kier molecular flexibility index (Phi) is 9.00. The first-order valence-corrected chi connectivity index (χ1v) is 5.67. The standard InChI is InChI=1S/C11H24O4/c1-5-6-7-8-9-10-11(2,3)13-15-14-12-4/h5-10H2,1-4H3. The van der Waals surface area contributed by atoms with Crippen molar-refractivity contribution < 1.29 is 19.9 Å². The van der Waals surface area contributed by atoms with Crippen molar-refractivity contribution in [1.29, 1.82) is 0 Å². The summed E-state index contributed by atoms with van der Waals surface area (Å²) in [4.78, 5) is 9.28. The lowest BCUT2D eigenvalue weighted by molar-refractivity contribution is -0.644. The predicted octanol–water partition coefficient (Wildman–Crippen LogP) is 3.57. The van der Waals surface area contributed by atoms with Gasteiger partial charge in [-0.15, -0.1) is 0 Å². The summed E-state index contributed by atoms with van der Waals surface area (Å²) < 4.78 is 0. The molecular weight excluding hydrogens is 196 g/mol. The van der Waals surface area contributed by atoms with Gasteiger partial charge in [0.1, 0.15) is 5.60 Å². The van der Waals surface area contributed by atoms with Crippen molar-refractivity contribution in [1.82, 2.24) is 0 Å². The molecule has 0 spiro atoms. The maximum Gasteiger partial charge on any atom is 0.101 e. The van der Waals surface area contributed by atoms with Crippen LogP contribution in [0.3, 0.4) is 0 Å². The second kappa shape index (κ2) is 9.09. The second-order valence-corrected chi connectivity index (χ2v) is 4.31. The largest absolute Gasteiger partial charge is 0.207 e. The minimum atomic E-state index is -0.329. The highest BCUT2D eigenvalue weighted by atomic mass is 17.7. The fraction of sp³-hybridized carbons (Fsp3) is 1.00. The van der Waals surface area contributed by atoms with E-state index in [1.807, 2.05) is 13.8 Å². The lowest BCUT2D eigenvalue weighted by Crippen LogP contribution is -2.24. The van der Waals surface area contributed by atoms with E-state index in [0.29, 0.717) is 0 Å². The third kappa shape index (κ3) is 10.1. The van der Waals surface area contributed by atoms with Crippen molar-refractivity contribution in [2.24, 2.45) is 0 Å². The van der Waals surface area contributed by atoms with Gasteiger partial charge in [-0.1, -0.05) is 39.0 Å². The molecule has 0 saturated heterocycles. The van der Waals surface area contributed by atoms with E-state index in [-0.39, 0.29) is 5.60 Å². The SMILES string of the molecule is CCCCCCCC(C)(C)OOOOC. The molecule has 0 atom stereocenters. The number of hydrogen-bond acceptors (Lipinski definition) is 4. The molecule has 0 saturated carbocycles. The summed E-state index contributed by atoms with van der Waals surface area (Å²) in [5.74, 6) is 0. The Balaban J connectivity index is 3.38. The predicted molar refractivity (Wildman–Crippen MR) is 57.7 cm³/mol. The van der Waals surface area contributed by atoms with Crippen molar-refractivity contribution >= 4 is 0 Å². The van der Waals surface area contributed by atoms with Crippen LogP contribution in [0.2, 0.25) is 0 Å². The minimum absolute atomic E-state index is 0.329. The van der Waals surface area contributed by atoms with Crippen LogP contribution in [-0.4, -0.2) is 12.7 Å². The molecule has 0 N–H and O–H groups in total. The summed E-state index contributed by atoms with van der Waals surface area (Å²) >= 11 is 0. The summed E-state index contributed by atoms with van der Waals surface area (Å²) in [5.41, 5.74) is -0.329. The molecule has 0 aromatic carbocycles. The topological polar surface area (TPSA) is 36.9 Å². The van der Waals surface area contributed by atoms with E-state index >= 15 is 0 Å². The van der Waals surface area contributed by atoms with Crippen LogP contribution in [0, 0.1) is 0 Å². The molecule has 0 amide bonds. The molecule has 0 heterocycles. The number of unbranched alkanes of at least 4 members (excludes halogenated alkanes) is 4. The highest BCUT2D eigenvalue weighted by Crippen LogP contribution is 2.19. The van der Waals surface area contributed by atoms with Gasteiger partial charge < -0.3 is 0 Å². The van der Waals surface area contributed by atoms with Crippen molar-refractivity contribution in [3.63, 3.8) is 0 Å². The molecule has 4 nitrogen and oxygen atoms in total. The molecule has 0 aliphatic rings. The zero-order valence-electron chi connectivity index (χ0n) is 10.4. The number of hydrogen-bond donors (Lipinski definition) is 0. The summed E-state index contributed by atoms with van der Waals surface area (Å²) in [6, 6.07) is 0. The highest BCUT2D eigenvalue weighted by Gasteiger charge is 2.20. The first-order chi connectivity index (χ1) is 7.12. The van der Waals surface area contributed by atoms with E-state index in [0.717, 1.165) is 12.8 Å². The summed E-state index contributed by atoms with van der Waals surface area (Å²) in [5, 5.41) is 8.60. The smallest absolute Gasteiger partial charge is 0.101 e. The average molecular weight is 220 g/mol. The van der Waals surface area contributed by atoms with Crippen LogP contribution in [0.25, 0.3) is 0 Å². The van der Waals surface area contributed by atoms with Crippen molar-refractivity contribution in [2.45, 2.75) is 64.9 Å². The van der Waals surface area contributed by atoms with Gasteiger partial charge in [0.2, 0.25) is 0 Å². The maximum absolute atomic E-state index is 5.03. The van der Waals surface area contributed by atoms with Gasteiger partial charge in [-0.3, -0.25) is 0 Å². The summed E-state index contributed by atoms with van der Waals surface area (Å²) in [7, 11) is 1.36. The number of rotatable bonds is 10. The van der Waals surface area contributed by atoms with Crippen molar-refractivity contribution in [2.75, 3.05) is 7.11 Å². The normalized spacial score (nSPS) is 12.0. The zero-order valence-corrected chi connectivity index (χ0v) is 10.4. The van der Waals surface area contributed by atoms with E-state index in [4.69, 9.17) is 4.89 Å². The van der Waals surface area contributed by atoms with E-state index in [9.17, 15) is 0 Å². The first-order valence-electron chi connectivity index (χ1n) is 5.67. The van der Waals surface area contributed by atoms with Crippen LogP contribution in [0.5, 0.6) is 0 Å². The monoisotopic (exact) mass is 220 g/mol. The second-order valence-electron chi connectivity index (χ2n) is 4.31. The van der Waals surface area contributed by atoms with Crippen molar-refractivity contribution in [3.05, 3.63) is 0 Å². The van der Waals surface area contributed by atoms with Crippen molar-refractivity contribution in [3.8, 4) is 0 Å². The summed E-state index contributed by atoms with van der Waals surface area (Å²) in [6.45, 7) is 6.14. The summed E-state index contributed by atoms with van der Waals surface area (Å²) in [6.07, 6.45) is 7.20. The molecule has 0 fully saturated rings. The Morgan fingerprint density at radius 2 is 1.60 bits per heavy atom. The van der Waals surface area contributed by atoms with Gasteiger partial charge in [-0.05, 0) is 30.3 Å². The van der Waals surface area contributed by atoms with Gasteiger partial charge in [0.05, 0.1) is 7.11 Å². The van der Waals surface area contributed by atoms with E-state index in [1.165, 1.54) is 32.8 Å². The Labute approximate surface area is 92.6 Å². The van der Waals surface area contributed by atoms with Crippen LogP contribution in [0.1, 0.15) is 59.3 Å². The molecule has 0 bridgehead atoms. The molecule has 15 heavy (non-hydrogen) atoms. The zero-order chi connectivity index (χ0) is 11.6. The average Bonchev–Trinajstić information content (AvgIpc) is 2.17. The van der Waals surface area contributed by atoms with Gasteiger partial charge in [0.25, 0.3) is 0 Å². The third-order valence-corrected chi connectivity index (χ3v) is 2.24. The van der Waals surface area contributed by atoms with Gasteiger partial charge in [-0.25, -0.2) is 4.89 Å². The lowest BCUT2D eigenvalue weighted by Gasteiger charge is -2.21. The Hall–Kier alpha value is -0.160. The Bertz CT molecular complexity index is 137. The van der Waals surface area contributed by atoms with Gasteiger partial charge in [-0.2, -0.15) is 4.89 Å². The van der Waals surface area contributed by atoms with Gasteiger partial charge in [0.15, 0.2) is 0 Å². The van der Waals surface area contributed by atoms with E-state index in [1.54, 1.807) is 0 Å². The Morgan fingerprint density at radius 3 is 2.20 bits per heavy atom. The molecule has 0 aliphatic heterocycles. The molecule has 92 valence electrons. The first kappa shape index (κ1) is 14.8. The van der Waals surface area contributed by atoms with E-state index in [2.05, 4.69) is 21.9 Å². The molecule has 0 aliphatic carbocycles. The molecule has 0 aromatic heterocycles. The maximum atomic E-state index is 5.03. The molecule has 0 rings (SSSR count). The quantitative estimate of drug-likeness (QED) is 0.320. The molecule has 0 radical (unpaired) electrons. The van der Waals surface area contributed by atoms with Gasteiger partial charge >= 0.3 is 0 Å². The van der Waals surface area contributed by atoms with Gasteiger partial charge in [0, 0.05) is 0 Å². The highest BCUT2D eigenvalue weighted by molar-refractivity contribution is 4.66. The minimum Gasteiger partial charge on any atom is -0.207 e. The van der Waals surface area contributed by atoms with E-state index < -0.39 is 0 Å². The van der Waals surface area contributed by atoms with Crippen LogP contribution in [0.15, 0.2) is 0 Å². The lowest BCUT2D eigenvalue weighted by atomic mass is 10.00. The fourth-order valence-electron chi connectivity index (χ4n) is 1.33.